The second-order valence-electron chi connectivity index (χ2n) is 4.31. The summed E-state index contributed by atoms with van der Waals surface area (Å²) < 4.78 is 5.82. The predicted molar refractivity (Wildman–Crippen MR) is 80.5 cm³/mol. The molecule has 2 nitrogen and oxygen atoms in total. The van der Waals surface area contributed by atoms with Crippen LogP contribution in [0.25, 0.3) is 0 Å². The van der Waals surface area contributed by atoms with E-state index in [0.29, 0.717) is 15.8 Å². The van der Waals surface area contributed by atoms with Gasteiger partial charge in [-0.2, -0.15) is 0 Å². The van der Waals surface area contributed by atoms with Crippen molar-refractivity contribution in [3.8, 4) is 11.5 Å². The van der Waals surface area contributed by atoms with Crippen molar-refractivity contribution >= 4 is 23.2 Å². The van der Waals surface area contributed by atoms with Gasteiger partial charge in [0.15, 0.2) is 0 Å². The van der Waals surface area contributed by atoms with E-state index in [1.54, 1.807) is 6.07 Å². The van der Waals surface area contributed by atoms with Gasteiger partial charge in [0.2, 0.25) is 0 Å². The number of rotatable bonds is 4. The lowest BCUT2D eigenvalue weighted by Crippen LogP contribution is -2.04. The first-order valence-corrected chi connectivity index (χ1v) is 6.73. The predicted octanol–water partition coefficient (Wildman–Crippen LogP) is 4.81. The molecule has 0 aromatic heterocycles. The molecular weight excluding hydrogens is 281 g/mol. The van der Waals surface area contributed by atoms with Gasteiger partial charge in [-0.25, -0.2) is 0 Å². The van der Waals surface area contributed by atoms with Crippen molar-refractivity contribution in [2.24, 2.45) is 0 Å². The molecule has 0 unspecified atom stereocenters. The van der Waals surface area contributed by atoms with Crippen LogP contribution in [0.15, 0.2) is 36.4 Å². The Kier molecular flexibility index (Phi) is 4.70. The van der Waals surface area contributed by atoms with E-state index in [0.717, 1.165) is 23.4 Å². The maximum Gasteiger partial charge on any atom is 0.146 e. The minimum atomic E-state index is 0.599. The zero-order valence-corrected chi connectivity index (χ0v) is 12.3. The lowest BCUT2D eigenvalue weighted by molar-refractivity contribution is 0.479. The average Bonchev–Trinajstić information content (AvgIpc) is 2.36. The highest BCUT2D eigenvalue weighted by atomic mass is 35.5. The normalized spacial score (nSPS) is 10.5. The van der Waals surface area contributed by atoms with Gasteiger partial charge < -0.3 is 10.1 Å². The van der Waals surface area contributed by atoms with Crippen molar-refractivity contribution in [1.82, 2.24) is 5.32 Å². The molecule has 0 aliphatic rings. The second kappa shape index (κ2) is 6.29. The number of hydrogen-bond donors (Lipinski definition) is 1. The number of halogens is 2. The SMILES string of the molecule is CNCc1ccc(Oc2ccc(Cl)cc2C)c(Cl)c1. The van der Waals surface area contributed by atoms with Crippen molar-refractivity contribution in [3.63, 3.8) is 0 Å². The van der Waals surface area contributed by atoms with Gasteiger partial charge in [0.25, 0.3) is 0 Å². The summed E-state index contributed by atoms with van der Waals surface area (Å²) in [5, 5.41) is 4.38. The Hall–Kier alpha value is -1.22. The smallest absolute Gasteiger partial charge is 0.146 e. The summed E-state index contributed by atoms with van der Waals surface area (Å²) in [6.45, 7) is 2.73. The minimum absolute atomic E-state index is 0.599. The van der Waals surface area contributed by atoms with Gasteiger partial charge in [0.1, 0.15) is 11.5 Å². The molecule has 0 heterocycles. The van der Waals surface area contributed by atoms with E-state index in [1.165, 1.54) is 0 Å². The Morgan fingerprint density at radius 1 is 1.05 bits per heavy atom. The first-order chi connectivity index (χ1) is 9.10. The number of hydrogen-bond acceptors (Lipinski definition) is 2. The van der Waals surface area contributed by atoms with Gasteiger partial charge in [-0.3, -0.25) is 0 Å². The minimum Gasteiger partial charge on any atom is -0.456 e. The van der Waals surface area contributed by atoms with E-state index < -0.39 is 0 Å². The van der Waals surface area contributed by atoms with E-state index >= 15 is 0 Å². The quantitative estimate of drug-likeness (QED) is 0.874. The molecule has 0 saturated heterocycles. The van der Waals surface area contributed by atoms with Crippen molar-refractivity contribution in [3.05, 3.63) is 57.6 Å². The first kappa shape index (κ1) is 14.2. The van der Waals surface area contributed by atoms with E-state index in [9.17, 15) is 0 Å². The summed E-state index contributed by atoms with van der Waals surface area (Å²) in [5.41, 5.74) is 2.09. The summed E-state index contributed by atoms with van der Waals surface area (Å²) in [5.74, 6) is 1.40. The molecule has 19 heavy (non-hydrogen) atoms. The molecule has 0 fully saturated rings. The van der Waals surface area contributed by atoms with E-state index in [4.69, 9.17) is 27.9 Å². The second-order valence-corrected chi connectivity index (χ2v) is 5.15. The summed E-state index contributed by atoms with van der Waals surface area (Å²) >= 11 is 12.1. The topological polar surface area (TPSA) is 21.3 Å². The lowest BCUT2D eigenvalue weighted by Gasteiger charge is -2.11. The van der Waals surface area contributed by atoms with Crippen LogP contribution in [0, 0.1) is 6.92 Å². The van der Waals surface area contributed by atoms with Crippen molar-refractivity contribution in [2.75, 3.05) is 7.05 Å². The van der Waals surface area contributed by atoms with Crippen molar-refractivity contribution < 1.29 is 4.74 Å². The molecule has 0 spiro atoms. The zero-order valence-electron chi connectivity index (χ0n) is 10.8. The van der Waals surface area contributed by atoms with Crippen LogP contribution in [0.4, 0.5) is 0 Å². The van der Waals surface area contributed by atoms with Crippen LogP contribution < -0.4 is 10.1 Å². The van der Waals surface area contributed by atoms with Gasteiger partial charge in [-0.1, -0.05) is 29.3 Å². The van der Waals surface area contributed by atoms with E-state index in [2.05, 4.69) is 5.32 Å². The van der Waals surface area contributed by atoms with Gasteiger partial charge >= 0.3 is 0 Å². The molecule has 1 N–H and O–H groups in total. The molecule has 0 aliphatic heterocycles. The molecule has 100 valence electrons. The largest absolute Gasteiger partial charge is 0.456 e. The molecule has 4 heteroatoms. The Balaban J connectivity index is 2.23. The first-order valence-electron chi connectivity index (χ1n) is 5.97. The Morgan fingerprint density at radius 3 is 2.42 bits per heavy atom. The molecule has 2 aromatic carbocycles. The number of nitrogens with one attached hydrogen (secondary N) is 1. The van der Waals surface area contributed by atoms with Crippen molar-refractivity contribution in [2.45, 2.75) is 13.5 Å². The Bertz CT molecular complexity index is 584. The Morgan fingerprint density at radius 2 is 1.79 bits per heavy atom. The summed E-state index contributed by atoms with van der Waals surface area (Å²) in [4.78, 5) is 0. The zero-order chi connectivity index (χ0) is 13.8. The molecule has 0 amide bonds. The molecule has 0 saturated carbocycles. The van der Waals surface area contributed by atoms with E-state index in [-0.39, 0.29) is 0 Å². The number of aryl methyl sites for hydroxylation is 1. The monoisotopic (exact) mass is 295 g/mol. The van der Waals surface area contributed by atoms with Crippen LogP contribution in [-0.2, 0) is 6.54 Å². The van der Waals surface area contributed by atoms with Crippen LogP contribution >= 0.6 is 23.2 Å². The van der Waals surface area contributed by atoms with Crippen LogP contribution in [0.5, 0.6) is 11.5 Å². The lowest BCUT2D eigenvalue weighted by atomic mass is 10.2. The fraction of sp³-hybridized carbons (Fsp3) is 0.200. The van der Waals surface area contributed by atoms with Gasteiger partial charge in [0.05, 0.1) is 5.02 Å². The summed E-state index contributed by atoms with van der Waals surface area (Å²) in [6, 6.07) is 11.3. The third-order valence-corrected chi connectivity index (χ3v) is 3.26. The highest BCUT2D eigenvalue weighted by molar-refractivity contribution is 6.32. The molecule has 0 atom stereocenters. The standard InChI is InChI=1S/C15H15Cl2NO/c1-10-7-12(16)4-6-14(10)19-15-5-3-11(9-18-2)8-13(15)17/h3-8,18H,9H2,1-2H3. The van der Waals surface area contributed by atoms with Gasteiger partial charge in [-0.15, -0.1) is 0 Å². The highest BCUT2D eigenvalue weighted by Gasteiger charge is 2.07. The molecule has 2 rings (SSSR count). The maximum atomic E-state index is 6.22. The average molecular weight is 296 g/mol. The Labute approximate surface area is 123 Å². The molecule has 0 aliphatic carbocycles. The highest BCUT2D eigenvalue weighted by Crippen LogP contribution is 2.32. The summed E-state index contributed by atoms with van der Waals surface area (Å²) in [6.07, 6.45) is 0. The van der Waals surface area contributed by atoms with E-state index in [1.807, 2.05) is 44.3 Å². The maximum absolute atomic E-state index is 6.22. The molecular formula is C15H15Cl2NO. The van der Waals surface area contributed by atoms with Crippen LogP contribution in [0.3, 0.4) is 0 Å². The fourth-order valence-corrected chi connectivity index (χ4v) is 2.26. The number of ether oxygens (including phenoxy) is 1. The van der Waals surface area contributed by atoms with Crippen LogP contribution in [0.1, 0.15) is 11.1 Å². The summed E-state index contributed by atoms with van der Waals surface area (Å²) in [7, 11) is 1.90. The van der Waals surface area contributed by atoms with Gasteiger partial charge in [0, 0.05) is 11.6 Å². The molecule has 0 bridgehead atoms. The van der Waals surface area contributed by atoms with Gasteiger partial charge in [-0.05, 0) is 55.4 Å². The van der Waals surface area contributed by atoms with Crippen LogP contribution in [-0.4, -0.2) is 7.05 Å². The fourth-order valence-electron chi connectivity index (χ4n) is 1.79. The third kappa shape index (κ3) is 3.63. The third-order valence-electron chi connectivity index (χ3n) is 2.73. The number of benzene rings is 2. The molecule has 0 radical (unpaired) electrons. The molecule has 2 aromatic rings. The van der Waals surface area contributed by atoms with Crippen LogP contribution in [0.2, 0.25) is 10.0 Å². The van der Waals surface area contributed by atoms with Crippen molar-refractivity contribution in [1.29, 1.82) is 0 Å².